The van der Waals surface area contributed by atoms with Crippen molar-refractivity contribution in [1.82, 2.24) is 14.9 Å². The number of hydrogen-bond acceptors (Lipinski definition) is 7. The van der Waals surface area contributed by atoms with Gasteiger partial charge in [-0.3, -0.25) is 24.0 Å². The van der Waals surface area contributed by atoms with Crippen molar-refractivity contribution in [3.8, 4) is 11.3 Å². The number of amides is 2. The molecular formula is C30H27Cl2N7O3. The second-order valence-corrected chi connectivity index (χ2v) is 10.5. The minimum absolute atomic E-state index is 0.0428. The summed E-state index contributed by atoms with van der Waals surface area (Å²) in [4.78, 5) is 43.9. The second kappa shape index (κ2) is 12.5. The Bertz CT molecular complexity index is 1740. The lowest BCUT2D eigenvalue weighted by Crippen LogP contribution is -2.35. The third-order valence-corrected chi connectivity index (χ3v) is 7.15. The van der Waals surface area contributed by atoms with Crippen LogP contribution in [0.2, 0.25) is 5.02 Å². The van der Waals surface area contributed by atoms with Crippen molar-refractivity contribution >= 4 is 46.4 Å². The molecule has 3 aromatic carbocycles. The van der Waals surface area contributed by atoms with Crippen molar-refractivity contribution < 1.29 is 9.59 Å². The van der Waals surface area contributed by atoms with Crippen LogP contribution >= 0.6 is 23.2 Å². The van der Waals surface area contributed by atoms with E-state index in [1.165, 1.54) is 28.2 Å². The zero-order valence-corrected chi connectivity index (χ0v) is 23.8. The largest absolute Gasteiger partial charge is 0.388 e. The first kappa shape index (κ1) is 28.9. The van der Waals surface area contributed by atoms with Crippen molar-refractivity contribution in [1.29, 1.82) is 0 Å². The average molecular weight is 604 g/mol. The smallest absolute Gasteiger partial charge is 0.254 e. The summed E-state index contributed by atoms with van der Waals surface area (Å²) in [5.74, 6) is 5.56. The molecule has 6 N–H and O–H groups in total. The maximum atomic E-state index is 13.7. The quantitative estimate of drug-likeness (QED) is 0.135. The van der Waals surface area contributed by atoms with E-state index in [9.17, 15) is 14.4 Å². The fraction of sp³-hybridized carbons (Fsp3) is 0.133. The van der Waals surface area contributed by atoms with Gasteiger partial charge < -0.3 is 16.4 Å². The zero-order valence-electron chi connectivity index (χ0n) is 22.3. The molecule has 0 saturated heterocycles. The summed E-state index contributed by atoms with van der Waals surface area (Å²) in [5, 5.41) is 7.29. The molecule has 1 unspecified atom stereocenters. The molecule has 2 heterocycles. The third kappa shape index (κ3) is 6.46. The topological polar surface area (TPSA) is 148 Å². The predicted octanol–water partition coefficient (Wildman–Crippen LogP) is 3.95. The monoisotopic (exact) mass is 603 g/mol. The van der Waals surface area contributed by atoms with Gasteiger partial charge in [0.1, 0.15) is 11.2 Å². The first-order valence-electron chi connectivity index (χ1n) is 13.0. The van der Waals surface area contributed by atoms with Crippen LogP contribution in [0.4, 0.5) is 11.4 Å². The minimum Gasteiger partial charge on any atom is -0.388 e. The van der Waals surface area contributed by atoms with E-state index in [2.05, 4.69) is 15.6 Å². The van der Waals surface area contributed by atoms with E-state index in [1.807, 2.05) is 30.3 Å². The van der Waals surface area contributed by atoms with Gasteiger partial charge in [0, 0.05) is 40.9 Å². The summed E-state index contributed by atoms with van der Waals surface area (Å²) in [6.07, 6.45) is 3.53. The number of aromatic nitrogens is 2. The van der Waals surface area contributed by atoms with Crippen LogP contribution in [0.3, 0.4) is 0 Å². The SMILES string of the molecule is N/C(Cl)=C\N(N)c1ccc(Cl)cc1-c1cc(=O)n(C(Cc2ccccc2)C(=O)Nc2ccc3c(c2)CCNC3=O)cn1. The number of anilines is 2. The highest BCUT2D eigenvalue weighted by Crippen LogP contribution is 2.31. The van der Waals surface area contributed by atoms with Gasteiger partial charge in [-0.15, -0.1) is 0 Å². The van der Waals surface area contributed by atoms with Crippen LogP contribution in [-0.4, -0.2) is 27.9 Å². The van der Waals surface area contributed by atoms with Gasteiger partial charge in [-0.2, -0.15) is 0 Å². The molecule has 42 heavy (non-hydrogen) atoms. The van der Waals surface area contributed by atoms with Gasteiger partial charge in [0.2, 0.25) is 5.91 Å². The first-order chi connectivity index (χ1) is 20.2. The molecule has 1 aromatic heterocycles. The molecule has 0 bridgehead atoms. The molecule has 2 amide bonds. The standard InChI is InChI=1S/C30H27Cl2N7O3/c31-20-6-9-25(39(34)16-27(32)33)23(14-20)24-15-28(40)38(17-36-24)26(12-18-4-2-1-3-5-18)30(42)37-21-7-8-22-19(13-21)10-11-35-29(22)41/h1-9,13-17,26H,10-12,33-34H2,(H,35,41)(H,37,42)/b27-16-. The highest BCUT2D eigenvalue weighted by Gasteiger charge is 2.25. The Balaban J connectivity index is 1.50. The highest BCUT2D eigenvalue weighted by atomic mass is 35.5. The van der Waals surface area contributed by atoms with Gasteiger partial charge in [-0.25, -0.2) is 10.8 Å². The average Bonchev–Trinajstić information content (AvgIpc) is 2.96. The van der Waals surface area contributed by atoms with Gasteiger partial charge in [0.25, 0.3) is 11.5 Å². The number of halogens is 2. The molecule has 0 radical (unpaired) electrons. The van der Waals surface area contributed by atoms with Crippen molar-refractivity contribution in [2.75, 3.05) is 16.9 Å². The molecule has 0 fully saturated rings. The molecule has 1 aliphatic rings. The fourth-order valence-corrected chi connectivity index (χ4v) is 5.10. The lowest BCUT2D eigenvalue weighted by atomic mass is 9.99. The fourth-order valence-electron chi connectivity index (χ4n) is 4.82. The van der Waals surface area contributed by atoms with E-state index in [0.29, 0.717) is 40.5 Å². The molecule has 214 valence electrons. The number of fused-ring (bicyclic) bond motifs is 1. The number of benzene rings is 3. The van der Waals surface area contributed by atoms with E-state index in [1.54, 1.807) is 36.4 Å². The predicted molar refractivity (Wildman–Crippen MR) is 164 cm³/mol. The van der Waals surface area contributed by atoms with E-state index >= 15 is 0 Å². The van der Waals surface area contributed by atoms with Gasteiger partial charge in [-0.05, 0) is 53.9 Å². The third-order valence-electron chi connectivity index (χ3n) is 6.82. The lowest BCUT2D eigenvalue weighted by molar-refractivity contribution is -0.119. The van der Waals surface area contributed by atoms with Crippen LogP contribution in [-0.2, 0) is 17.6 Å². The summed E-state index contributed by atoms with van der Waals surface area (Å²) >= 11 is 12.0. The number of nitrogens with one attached hydrogen (secondary N) is 2. The van der Waals surface area contributed by atoms with Crippen LogP contribution in [0.15, 0.2) is 95.3 Å². The first-order valence-corrected chi connectivity index (χ1v) is 13.8. The van der Waals surface area contributed by atoms with Gasteiger partial charge in [0.15, 0.2) is 0 Å². The molecule has 0 saturated carbocycles. The molecule has 0 spiro atoms. The van der Waals surface area contributed by atoms with Gasteiger partial charge in [-0.1, -0.05) is 53.5 Å². The molecule has 1 aliphatic heterocycles. The van der Waals surface area contributed by atoms with E-state index in [-0.39, 0.29) is 23.2 Å². The molecular weight excluding hydrogens is 577 g/mol. The van der Waals surface area contributed by atoms with E-state index in [4.69, 9.17) is 34.8 Å². The van der Waals surface area contributed by atoms with Crippen LogP contribution in [0.1, 0.15) is 27.5 Å². The summed E-state index contributed by atoms with van der Waals surface area (Å²) in [6, 6.07) is 19.8. The number of hydrazine groups is 1. The molecule has 1 atom stereocenters. The van der Waals surface area contributed by atoms with Crippen molar-refractivity contribution in [3.63, 3.8) is 0 Å². The summed E-state index contributed by atoms with van der Waals surface area (Å²) < 4.78 is 1.29. The van der Waals surface area contributed by atoms with Gasteiger partial charge in [0.05, 0.1) is 23.9 Å². The number of nitrogens with two attached hydrogens (primary N) is 2. The number of hydrogen-bond donors (Lipinski definition) is 4. The molecule has 4 aromatic rings. The van der Waals surface area contributed by atoms with Crippen molar-refractivity contribution in [3.05, 3.63) is 123 Å². The number of carbonyl (C=O) groups is 2. The van der Waals surface area contributed by atoms with E-state index < -0.39 is 17.5 Å². The summed E-state index contributed by atoms with van der Waals surface area (Å²) in [5.41, 5.74) is 9.13. The lowest BCUT2D eigenvalue weighted by Gasteiger charge is -2.22. The Kier molecular flexibility index (Phi) is 8.58. The summed E-state index contributed by atoms with van der Waals surface area (Å²) in [7, 11) is 0. The number of nitrogens with zero attached hydrogens (tertiary/aromatic N) is 3. The van der Waals surface area contributed by atoms with Crippen molar-refractivity contribution in [2.45, 2.75) is 18.9 Å². The second-order valence-electron chi connectivity index (χ2n) is 9.67. The Hall–Kier alpha value is -4.64. The van der Waals surface area contributed by atoms with Crippen molar-refractivity contribution in [2.24, 2.45) is 11.6 Å². The minimum atomic E-state index is -0.926. The number of carbonyl (C=O) groups excluding carboxylic acids is 2. The number of rotatable bonds is 8. The normalized spacial score (nSPS) is 13.6. The zero-order chi connectivity index (χ0) is 29.8. The Labute approximate surface area is 251 Å². The highest BCUT2D eigenvalue weighted by molar-refractivity contribution is 6.31. The maximum Gasteiger partial charge on any atom is 0.254 e. The Morgan fingerprint density at radius 2 is 1.88 bits per heavy atom. The summed E-state index contributed by atoms with van der Waals surface area (Å²) in [6.45, 7) is 0.527. The van der Waals surface area contributed by atoms with Gasteiger partial charge >= 0.3 is 0 Å². The molecule has 5 rings (SSSR count). The molecule has 0 aliphatic carbocycles. The van der Waals surface area contributed by atoms with Crippen LogP contribution in [0, 0.1) is 0 Å². The van der Waals surface area contributed by atoms with Crippen LogP contribution in [0.5, 0.6) is 0 Å². The Morgan fingerprint density at radius 3 is 2.62 bits per heavy atom. The molecule has 12 heteroatoms. The maximum absolute atomic E-state index is 13.7. The van der Waals surface area contributed by atoms with Crippen LogP contribution in [0.25, 0.3) is 11.3 Å². The Morgan fingerprint density at radius 1 is 1.10 bits per heavy atom. The van der Waals surface area contributed by atoms with Crippen LogP contribution < -0.4 is 32.8 Å². The molecule has 10 nitrogen and oxygen atoms in total. The van der Waals surface area contributed by atoms with E-state index in [0.717, 1.165) is 11.1 Å².